The Balaban J connectivity index is 3.19. The molecule has 0 bridgehead atoms. The van der Waals surface area contributed by atoms with Gasteiger partial charge in [0.15, 0.2) is 5.12 Å². The van der Waals surface area contributed by atoms with Gasteiger partial charge in [-0.15, -0.1) is 0 Å². The fourth-order valence-electron chi connectivity index (χ4n) is 2.60. The molecule has 0 aliphatic carbocycles. The summed E-state index contributed by atoms with van der Waals surface area (Å²) >= 11 is 7.20. The van der Waals surface area contributed by atoms with Gasteiger partial charge in [0.1, 0.15) is 6.04 Å². The molecule has 1 unspecified atom stereocenters. The van der Waals surface area contributed by atoms with Crippen LogP contribution in [0.4, 0.5) is 5.69 Å². The Morgan fingerprint density at radius 3 is 2.35 bits per heavy atom. The van der Waals surface area contributed by atoms with E-state index in [2.05, 4.69) is 0 Å². The molecule has 0 aliphatic rings. The van der Waals surface area contributed by atoms with E-state index in [1.54, 1.807) is 26.0 Å². The third-order valence-corrected chi connectivity index (χ3v) is 5.23. The molecule has 0 heterocycles. The summed E-state index contributed by atoms with van der Waals surface area (Å²) < 4.78 is 4.81. The maximum absolute atomic E-state index is 12.9. The Kier molecular flexibility index (Phi) is 8.63. The monoisotopic (exact) mass is 399 g/mol. The zero-order chi connectivity index (χ0) is 20.0. The van der Waals surface area contributed by atoms with Gasteiger partial charge in [0, 0.05) is 11.4 Å². The minimum absolute atomic E-state index is 0.0430. The summed E-state index contributed by atoms with van der Waals surface area (Å²) in [6, 6.07) is 2.72. The van der Waals surface area contributed by atoms with E-state index in [4.69, 9.17) is 16.3 Å². The van der Waals surface area contributed by atoms with Gasteiger partial charge in [0.2, 0.25) is 5.91 Å². The third kappa shape index (κ3) is 5.74. The van der Waals surface area contributed by atoms with Crippen LogP contribution in [0.25, 0.3) is 0 Å². The summed E-state index contributed by atoms with van der Waals surface area (Å²) in [4.78, 5) is 38.3. The van der Waals surface area contributed by atoms with Crippen molar-refractivity contribution in [2.24, 2.45) is 5.92 Å². The zero-order valence-electron chi connectivity index (χ0n) is 16.1. The van der Waals surface area contributed by atoms with Gasteiger partial charge in [-0.05, 0) is 43.9 Å². The van der Waals surface area contributed by atoms with Crippen LogP contribution >= 0.6 is 23.4 Å². The lowest BCUT2D eigenvalue weighted by Gasteiger charge is -2.30. The molecule has 0 aromatic heterocycles. The van der Waals surface area contributed by atoms with Gasteiger partial charge >= 0.3 is 5.97 Å². The number of esters is 1. The van der Waals surface area contributed by atoms with E-state index in [-0.39, 0.29) is 22.7 Å². The number of carbonyl (C=O) groups excluding carboxylic acids is 3. The molecule has 1 rings (SSSR count). The van der Waals surface area contributed by atoms with E-state index >= 15 is 0 Å². The summed E-state index contributed by atoms with van der Waals surface area (Å²) in [6.07, 6.45) is 0.403. The van der Waals surface area contributed by atoms with Crippen LogP contribution in [-0.2, 0) is 19.1 Å². The lowest BCUT2D eigenvalue weighted by molar-refractivity contribution is -0.142. The third-order valence-electron chi connectivity index (χ3n) is 3.94. The van der Waals surface area contributed by atoms with Crippen LogP contribution in [0.3, 0.4) is 0 Å². The van der Waals surface area contributed by atoms with Crippen LogP contribution in [0.2, 0.25) is 5.02 Å². The number of thioether (sulfide) groups is 1. The quantitative estimate of drug-likeness (QED) is 0.644. The van der Waals surface area contributed by atoms with E-state index in [1.165, 1.54) is 12.0 Å². The second-order valence-electron chi connectivity index (χ2n) is 6.56. The van der Waals surface area contributed by atoms with Crippen molar-refractivity contribution in [2.75, 3.05) is 17.8 Å². The number of halogens is 1. The van der Waals surface area contributed by atoms with Crippen molar-refractivity contribution in [1.82, 2.24) is 0 Å². The van der Waals surface area contributed by atoms with E-state index in [0.717, 1.165) is 17.3 Å². The molecule has 26 heavy (non-hydrogen) atoms. The number of anilines is 1. The highest BCUT2D eigenvalue weighted by Gasteiger charge is 2.31. The van der Waals surface area contributed by atoms with Crippen molar-refractivity contribution in [3.63, 3.8) is 0 Å². The molecule has 7 heteroatoms. The molecule has 0 aliphatic heterocycles. The number of hydrogen-bond acceptors (Lipinski definition) is 5. The van der Waals surface area contributed by atoms with Gasteiger partial charge < -0.3 is 4.74 Å². The number of nitrogens with zero attached hydrogens (tertiary/aromatic N) is 1. The van der Waals surface area contributed by atoms with Gasteiger partial charge in [0.05, 0.1) is 18.6 Å². The van der Waals surface area contributed by atoms with E-state index < -0.39 is 12.0 Å². The summed E-state index contributed by atoms with van der Waals surface area (Å²) in [5, 5.41) is 0.461. The standard InChI is InChI=1S/C19H26ClNO4S/c1-11(2)9-17(23)26-10-16(22)21(14(5)19(24)25-6)18-12(3)7-8-15(20)13(18)4/h7-8,11,14H,9-10H2,1-6H3. The minimum Gasteiger partial charge on any atom is -0.467 e. The number of benzene rings is 1. The Morgan fingerprint density at radius 2 is 1.81 bits per heavy atom. The van der Waals surface area contributed by atoms with E-state index in [1.807, 2.05) is 20.8 Å². The molecule has 1 amide bonds. The van der Waals surface area contributed by atoms with Crippen molar-refractivity contribution < 1.29 is 19.1 Å². The van der Waals surface area contributed by atoms with Gasteiger partial charge in [-0.2, -0.15) is 0 Å². The van der Waals surface area contributed by atoms with E-state index in [0.29, 0.717) is 22.7 Å². The lowest BCUT2D eigenvalue weighted by Crippen LogP contribution is -2.45. The van der Waals surface area contributed by atoms with Gasteiger partial charge in [-0.25, -0.2) is 4.79 Å². The maximum Gasteiger partial charge on any atom is 0.328 e. The van der Waals surface area contributed by atoms with Crippen LogP contribution in [0.1, 0.15) is 38.3 Å². The number of ether oxygens (including phenoxy) is 1. The Morgan fingerprint density at radius 1 is 1.19 bits per heavy atom. The zero-order valence-corrected chi connectivity index (χ0v) is 17.7. The number of hydrogen-bond donors (Lipinski definition) is 0. The summed E-state index contributed by atoms with van der Waals surface area (Å²) in [7, 11) is 1.28. The Labute approximate surface area is 164 Å². The average Bonchev–Trinajstić information content (AvgIpc) is 2.58. The SMILES string of the molecule is COC(=O)C(C)N(C(=O)CSC(=O)CC(C)C)c1c(C)ccc(Cl)c1C. The molecule has 0 saturated carbocycles. The molecule has 0 radical (unpaired) electrons. The summed E-state index contributed by atoms with van der Waals surface area (Å²) in [5.74, 6) is -0.681. The molecule has 144 valence electrons. The molecule has 0 spiro atoms. The maximum atomic E-state index is 12.9. The Bertz CT molecular complexity index is 690. The number of aryl methyl sites for hydroxylation is 1. The number of amides is 1. The predicted octanol–water partition coefficient (Wildman–Crippen LogP) is 4.16. The molecule has 0 saturated heterocycles. The summed E-state index contributed by atoms with van der Waals surface area (Å²) in [6.45, 7) is 9.14. The van der Waals surface area contributed by atoms with Crippen LogP contribution < -0.4 is 4.90 Å². The average molecular weight is 400 g/mol. The van der Waals surface area contributed by atoms with Crippen molar-refractivity contribution in [2.45, 2.75) is 47.1 Å². The first-order valence-corrected chi connectivity index (χ1v) is 9.77. The number of carbonyl (C=O) groups is 3. The molecule has 0 fully saturated rings. The highest BCUT2D eigenvalue weighted by molar-refractivity contribution is 8.14. The molecule has 1 aromatic carbocycles. The summed E-state index contributed by atoms with van der Waals surface area (Å²) in [5.41, 5.74) is 2.10. The van der Waals surface area contributed by atoms with Crippen LogP contribution in [-0.4, -0.2) is 35.9 Å². The molecule has 0 N–H and O–H groups in total. The second kappa shape index (κ2) is 9.97. The Hall–Kier alpha value is -1.53. The highest BCUT2D eigenvalue weighted by Crippen LogP contribution is 2.32. The molecular formula is C19H26ClNO4S. The second-order valence-corrected chi connectivity index (χ2v) is 8.00. The predicted molar refractivity (Wildman–Crippen MR) is 107 cm³/mol. The molecule has 1 atom stereocenters. The normalized spacial score (nSPS) is 12.0. The molecule has 1 aromatic rings. The first kappa shape index (κ1) is 22.5. The lowest BCUT2D eigenvalue weighted by atomic mass is 10.1. The van der Waals surface area contributed by atoms with Crippen molar-refractivity contribution in [3.05, 3.63) is 28.3 Å². The first-order valence-electron chi connectivity index (χ1n) is 8.41. The first-order chi connectivity index (χ1) is 12.1. The van der Waals surface area contributed by atoms with Crippen molar-refractivity contribution in [1.29, 1.82) is 0 Å². The van der Waals surface area contributed by atoms with Crippen LogP contribution in [0.15, 0.2) is 12.1 Å². The van der Waals surface area contributed by atoms with Gasteiger partial charge in [0.25, 0.3) is 0 Å². The fourth-order valence-corrected chi connectivity index (χ4v) is 3.62. The largest absolute Gasteiger partial charge is 0.467 e. The topological polar surface area (TPSA) is 63.7 Å². The molecule has 5 nitrogen and oxygen atoms in total. The fraction of sp³-hybridized carbons (Fsp3) is 0.526. The van der Waals surface area contributed by atoms with Crippen LogP contribution in [0.5, 0.6) is 0 Å². The van der Waals surface area contributed by atoms with Crippen molar-refractivity contribution >= 4 is 46.0 Å². The van der Waals surface area contributed by atoms with E-state index in [9.17, 15) is 14.4 Å². The smallest absolute Gasteiger partial charge is 0.328 e. The van der Waals surface area contributed by atoms with Crippen molar-refractivity contribution in [3.8, 4) is 0 Å². The minimum atomic E-state index is -0.829. The van der Waals surface area contributed by atoms with Gasteiger partial charge in [-0.3, -0.25) is 14.5 Å². The van der Waals surface area contributed by atoms with Gasteiger partial charge in [-0.1, -0.05) is 43.3 Å². The number of rotatable bonds is 7. The highest BCUT2D eigenvalue weighted by atomic mass is 35.5. The van der Waals surface area contributed by atoms with Crippen LogP contribution in [0, 0.1) is 19.8 Å². The number of methoxy groups -OCH3 is 1. The molecular weight excluding hydrogens is 374 g/mol.